The first kappa shape index (κ1) is 12.2. The molecular formula is C13H14BrN3. The van der Waals surface area contributed by atoms with Crippen LogP contribution in [0.15, 0.2) is 34.3 Å². The minimum absolute atomic E-state index is 0.664. The van der Waals surface area contributed by atoms with E-state index in [4.69, 9.17) is 5.26 Å². The van der Waals surface area contributed by atoms with Crippen LogP contribution in [0.1, 0.15) is 12.0 Å². The zero-order valence-corrected chi connectivity index (χ0v) is 11.0. The number of halogens is 1. The number of benzene rings is 1. The molecule has 0 aromatic heterocycles. The summed E-state index contributed by atoms with van der Waals surface area (Å²) in [6.07, 6.45) is 3.33. The van der Waals surface area contributed by atoms with Crippen LogP contribution in [-0.2, 0) is 0 Å². The first-order chi connectivity index (χ1) is 8.29. The van der Waals surface area contributed by atoms with Crippen LogP contribution in [-0.4, -0.2) is 19.6 Å². The van der Waals surface area contributed by atoms with Crippen LogP contribution in [0.2, 0.25) is 0 Å². The largest absolute Gasteiger partial charge is 0.381 e. The lowest BCUT2D eigenvalue weighted by atomic mass is 10.1. The molecule has 3 nitrogen and oxygen atoms in total. The number of hydrogen-bond acceptors (Lipinski definition) is 3. The van der Waals surface area contributed by atoms with Gasteiger partial charge in [-0.1, -0.05) is 11.6 Å². The van der Waals surface area contributed by atoms with Crippen LogP contribution in [0.5, 0.6) is 0 Å². The molecule has 1 heterocycles. The first-order valence-corrected chi connectivity index (χ1v) is 6.41. The molecule has 0 atom stereocenters. The van der Waals surface area contributed by atoms with Gasteiger partial charge in [-0.05, 0) is 47.1 Å². The average Bonchev–Trinajstić information content (AvgIpc) is 2.38. The molecule has 0 fully saturated rings. The zero-order chi connectivity index (χ0) is 12.1. The van der Waals surface area contributed by atoms with Gasteiger partial charge < -0.3 is 10.6 Å². The lowest BCUT2D eigenvalue weighted by Crippen LogP contribution is -2.23. The maximum atomic E-state index is 8.83. The molecule has 0 radical (unpaired) electrons. The molecule has 1 aromatic carbocycles. The Morgan fingerprint density at radius 3 is 3.00 bits per heavy atom. The fourth-order valence-electron chi connectivity index (χ4n) is 1.76. The number of nitriles is 1. The van der Waals surface area contributed by atoms with Crippen molar-refractivity contribution in [2.45, 2.75) is 6.42 Å². The quantitative estimate of drug-likeness (QED) is 0.842. The number of nitrogens with one attached hydrogen (secondary N) is 2. The van der Waals surface area contributed by atoms with Gasteiger partial charge in [0.05, 0.1) is 5.56 Å². The minimum Gasteiger partial charge on any atom is -0.381 e. The Morgan fingerprint density at radius 1 is 1.47 bits per heavy atom. The summed E-state index contributed by atoms with van der Waals surface area (Å²) < 4.78 is 0.837. The van der Waals surface area contributed by atoms with Gasteiger partial charge in [-0.2, -0.15) is 5.26 Å². The van der Waals surface area contributed by atoms with Crippen molar-refractivity contribution in [3.63, 3.8) is 0 Å². The van der Waals surface area contributed by atoms with E-state index in [1.165, 1.54) is 5.57 Å². The van der Waals surface area contributed by atoms with Crippen molar-refractivity contribution in [1.82, 2.24) is 5.32 Å². The highest BCUT2D eigenvalue weighted by atomic mass is 79.9. The van der Waals surface area contributed by atoms with Gasteiger partial charge in [0.1, 0.15) is 6.07 Å². The molecule has 0 amide bonds. The summed E-state index contributed by atoms with van der Waals surface area (Å²) >= 11 is 3.39. The molecule has 0 spiro atoms. The number of rotatable bonds is 3. The van der Waals surface area contributed by atoms with E-state index >= 15 is 0 Å². The summed E-state index contributed by atoms with van der Waals surface area (Å²) in [6.45, 7) is 2.90. The van der Waals surface area contributed by atoms with Gasteiger partial charge in [-0.3, -0.25) is 0 Å². The van der Waals surface area contributed by atoms with Crippen molar-refractivity contribution in [2.24, 2.45) is 0 Å². The number of nitrogens with zero attached hydrogens (tertiary/aromatic N) is 1. The SMILES string of the molecule is N#Cc1ccc(NCC2=CCNCC2)cc1Br. The summed E-state index contributed by atoms with van der Waals surface area (Å²) in [4.78, 5) is 0. The van der Waals surface area contributed by atoms with Gasteiger partial charge in [0.15, 0.2) is 0 Å². The van der Waals surface area contributed by atoms with Crippen LogP contribution in [0.4, 0.5) is 5.69 Å². The molecule has 1 aromatic rings. The first-order valence-electron chi connectivity index (χ1n) is 5.62. The third kappa shape index (κ3) is 3.32. The molecule has 1 aliphatic heterocycles. The Hall–Kier alpha value is -1.31. The van der Waals surface area contributed by atoms with E-state index in [1.54, 1.807) is 0 Å². The predicted molar refractivity (Wildman–Crippen MR) is 72.9 cm³/mol. The standard InChI is InChI=1S/C13H14BrN3/c14-13-7-12(2-1-11(13)8-15)17-9-10-3-5-16-6-4-10/h1-3,7,16-17H,4-6,9H2. The smallest absolute Gasteiger partial charge is 0.100 e. The van der Waals surface area contributed by atoms with E-state index in [0.717, 1.165) is 36.2 Å². The Morgan fingerprint density at radius 2 is 2.35 bits per heavy atom. The van der Waals surface area contributed by atoms with E-state index < -0.39 is 0 Å². The van der Waals surface area contributed by atoms with Crippen LogP contribution in [0, 0.1) is 11.3 Å². The minimum atomic E-state index is 0.664. The number of hydrogen-bond donors (Lipinski definition) is 2. The van der Waals surface area contributed by atoms with Gasteiger partial charge >= 0.3 is 0 Å². The van der Waals surface area contributed by atoms with Crippen LogP contribution >= 0.6 is 15.9 Å². The molecule has 2 N–H and O–H groups in total. The van der Waals surface area contributed by atoms with Crippen LogP contribution < -0.4 is 10.6 Å². The maximum absolute atomic E-state index is 8.83. The topological polar surface area (TPSA) is 47.9 Å². The molecule has 0 saturated carbocycles. The highest BCUT2D eigenvalue weighted by Crippen LogP contribution is 2.21. The summed E-state index contributed by atoms with van der Waals surface area (Å²) in [7, 11) is 0. The fourth-order valence-corrected chi connectivity index (χ4v) is 2.23. The molecular weight excluding hydrogens is 278 g/mol. The number of anilines is 1. The lowest BCUT2D eigenvalue weighted by molar-refractivity contribution is 0.698. The normalized spacial score (nSPS) is 14.9. The molecule has 0 bridgehead atoms. The zero-order valence-electron chi connectivity index (χ0n) is 9.46. The van der Waals surface area contributed by atoms with Crippen molar-refractivity contribution in [2.75, 3.05) is 25.0 Å². The van der Waals surface area contributed by atoms with Crippen molar-refractivity contribution in [1.29, 1.82) is 5.26 Å². The van der Waals surface area contributed by atoms with Gasteiger partial charge in [0.2, 0.25) is 0 Å². The highest BCUT2D eigenvalue weighted by Gasteiger charge is 2.04. The van der Waals surface area contributed by atoms with Gasteiger partial charge in [0.25, 0.3) is 0 Å². The second-order valence-electron chi connectivity index (χ2n) is 3.98. The molecule has 0 unspecified atom stereocenters. The maximum Gasteiger partial charge on any atom is 0.100 e. The van der Waals surface area contributed by atoms with Crippen molar-refractivity contribution >= 4 is 21.6 Å². The monoisotopic (exact) mass is 291 g/mol. The predicted octanol–water partition coefficient (Wildman–Crippen LogP) is 2.65. The van der Waals surface area contributed by atoms with Gasteiger partial charge in [0, 0.05) is 23.2 Å². The molecule has 0 aliphatic carbocycles. The summed E-state index contributed by atoms with van der Waals surface area (Å²) in [5.74, 6) is 0. The molecule has 88 valence electrons. The lowest BCUT2D eigenvalue weighted by Gasteiger charge is -2.15. The molecule has 0 saturated heterocycles. The van der Waals surface area contributed by atoms with Crippen LogP contribution in [0.25, 0.3) is 0 Å². The average molecular weight is 292 g/mol. The van der Waals surface area contributed by atoms with Crippen LogP contribution in [0.3, 0.4) is 0 Å². The molecule has 1 aliphatic rings. The van der Waals surface area contributed by atoms with Crippen molar-refractivity contribution in [3.8, 4) is 6.07 Å². The highest BCUT2D eigenvalue weighted by molar-refractivity contribution is 9.10. The Bertz CT molecular complexity index is 474. The van der Waals surface area contributed by atoms with Crippen molar-refractivity contribution < 1.29 is 0 Å². The summed E-state index contributed by atoms with van der Waals surface area (Å²) in [6, 6.07) is 7.84. The molecule has 17 heavy (non-hydrogen) atoms. The second kappa shape index (κ2) is 5.85. The molecule has 2 rings (SSSR count). The van der Waals surface area contributed by atoms with Crippen molar-refractivity contribution in [3.05, 3.63) is 39.9 Å². The summed E-state index contributed by atoms with van der Waals surface area (Å²) in [5, 5.41) is 15.5. The Kier molecular flexibility index (Phi) is 4.18. The van der Waals surface area contributed by atoms with E-state index in [-0.39, 0.29) is 0 Å². The van der Waals surface area contributed by atoms with E-state index in [2.05, 4.69) is 38.7 Å². The Balaban J connectivity index is 1.97. The second-order valence-corrected chi connectivity index (χ2v) is 4.83. The fraction of sp³-hybridized carbons (Fsp3) is 0.308. The molecule has 4 heteroatoms. The van der Waals surface area contributed by atoms with E-state index in [1.807, 2.05) is 18.2 Å². The third-order valence-corrected chi connectivity index (χ3v) is 3.42. The van der Waals surface area contributed by atoms with E-state index in [0.29, 0.717) is 5.56 Å². The van der Waals surface area contributed by atoms with E-state index in [9.17, 15) is 0 Å². The third-order valence-electron chi connectivity index (χ3n) is 2.77. The Labute approximate surface area is 110 Å². The summed E-state index contributed by atoms with van der Waals surface area (Å²) in [5.41, 5.74) is 3.14. The van der Waals surface area contributed by atoms with Gasteiger partial charge in [-0.25, -0.2) is 0 Å². The van der Waals surface area contributed by atoms with Gasteiger partial charge in [-0.15, -0.1) is 0 Å².